The Hall–Kier alpha value is -1.17. The van der Waals surface area contributed by atoms with E-state index < -0.39 is 0 Å². The Bertz CT molecular complexity index is 487. The zero-order valence-electron chi connectivity index (χ0n) is 12.0. The molecule has 0 aliphatic heterocycles. The molecule has 1 fully saturated rings. The number of hydrogen-bond acceptors (Lipinski definition) is 4. The summed E-state index contributed by atoms with van der Waals surface area (Å²) < 4.78 is 5.34. The van der Waals surface area contributed by atoms with Crippen LogP contribution in [0.15, 0.2) is 18.2 Å². The van der Waals surface area contributed by atoms with E-state index in [1.54, 1.807) is 7.11 Å². The third-order valence-electron chi connectivity index (χ3n) is 3.76. The van der Waals surface area contributed by atoms with Gasteiger partial charge in [-0.2, -0.15) is 0 Å². The van der Waals surface area contributed by atoms with E-state index in [1.165, 1.54) is 5.56 Å². The third-order valence-corrected chi connectivity index (χ3v) is 3.98. The number of aliphatic hydroxyl groups is 1. The molecule has 0 amide bonds. The molecule has 20 heavy (non-hydrogen) atoms. The first-order valence-corrected chi connectivity index (χ1v) is 7.23. The topological polar surface area (TPSA) is 58.7 Å². The molecule has 0 atom stereocenters. The van der Waals surface area contributed by atoms with E-state index in [2.05, 4.69) is 11.9 Å². The Kier molecular flexibility index (Phi) is 4.96. The lowest BCUT2D eigenvalue weighted by atomic mass is 9.82. The molecule has 0 saturated heterocycles. The van der Waals surface area contributed by atoms with Crippen molar-refractivity contribution in [3.05, 3.63) is 29.3 Å². The summed E-state index contributed by atoms with van der Waals surface area (Å²) >= 11 is 5.00. The highest BCUT2D eigenvalue weighted by Gasteiger charge is 2.27. The molecule has 1 aliphatic carbocycles. The van der Waals surface area contributed by atoms with Crippen LogP contribution in [0.4, 0.5) is 0 Å². The Morgan fingerprint density at radius 3 is 2.75 bits per heavy atom. The van der Waals surface area contributed by atoms with Gasteiger partial charge in [0.05, 0.1) is 18.8 Å². The zero-order chi connectivity index (χ0) is 14.7. The fraction of sp³-hybridized carbons (Fsp3) is 0.533. The van der Waals surface area contributed by atoms with Crippen LogP contribution in [0.25, 0.3) is 0 Å². The summed E-state index contributed by atoms with van der Waals surface area (Å²) in [7, 11) is 3.72. The lowest BCUT2D eigenvalue weighted by Gasteiger charge is -2.34. The molecule has 110 valence electrons. The number of nitrogens with two attached hydrogens (primary N) is 1. The minimum Gasteiger partial charge on any atom is -0.496 e. The number of methoxy groups -OCH3 is 1. The second kappa shape index (κ2) is 6.52. The van der Waals surface area contributed by atoms with Crippen LogP contribution in [-0.2, 0) is 6.54 Å². The van der Waals surface area contributed by atoms with Crippen LogP contribution in [0.3, 0.4) is 0 Å². The minimum absolute atomic E-state index is 0.0849. The number of aliphatic hydroxyl groups excluding tert-OH is 1. The molecule has 0 heterocycles. The molecular formula is C15H22N2O2S. The van der Waals surface area contributed by atoms with E-state index in [0.29, 0.717) is 10.9 Å². The maximum absolute atomic E-state index is 9.31. The highest BCUT2D eigenvalue weighted by Crippen LogP contribution is 2.28. The van der Waals surface area contributed by atoms with Gasteiger partial charge in [0.25, 0.3) is 0 Å². The molecule has 0 spiro atoms. The van der Waals surface area contributed by atoms with Crippen LogP contribution < -0.4 is 10.5 Å². The first kappa shape index (κ1) is 15.2. The molecule has 1 aromatic carbocycles. The van der Waals surface area contributed by atoms with Crippen molar-refractivity contribution in [1.82, 2.24) is 4.90 Å². The predicted octanol–water partition coefficient (Wildman–Crippen LogP) is 1.53. The molecule has 0 aromatic heterocycles. The number of hydrogen-bond donors (Lipinski definition) is 2. The minimum atomic E-state index is -0.0849. The summed E-state index contributed by atoms with van der Waals surface area (Å²) in [6, 6.07) is 5.93. The number of ether oxygens (including phenoxy) is 1. The smallest absolute Gasteiger partial charge is 0.129 e. The molecule has 0 unspecified atom stereocenters. The van der Waals surface area contributed by atoms with Crippen molar-refractivity contribution in [2.45, 2.75) is 25.5 Å². The van der Waals surface area contributed by atoms with E-state index in [9.17, 15) is 5.11 Å². The van der Waals surface area contributed by atoms with Gasteiger partial charge in [-0.3, -0.25) is 0 Å². The maximum Gasteiger partial charge on any atom is 0.129 e. The van der Waals surface area contributed by atoms with Crippen LogP contribution in [-0.4, -0.2) is 41.8 Å². The van der Waals surface area contributed by atoms with E-state index in [0.717, 1.165) is 37.2 Å². The standard InChI is InChI=1S/C15H22N2O2S/c1-17(9-11-5-12(18)6-11)8-10-3-4-13(15(16)20)14(7-10)19-2/h3-4,7,11-12,18H,5-6,8-9H2,1-2H3,(H2,16,20). The summed E-state index contributed by atoms with van der Waals surface area (Å²) in [6.07, 6.45) is 1.76. The highest BCUT2D eigenvalue weighted by molar-refractivity contribution is 7.80. The summed E-state index contributed by atoms with van der Waals surface area (Å²) in [5.74, 6) is 1.34. The van der Waals surface area contributed by atoms with Gasteiger partial charge in [-0.1, -0.05) is 18.3 Å². The van der Waals surface area contributed by atoms with Gasteiger partial charge in [-0.05, 0) is 43.5 Å². The van der Waals surface area contributed by atoms with Crippen molar-refractivity contribution in [2.24, 2.45) is 11.7 Å². The molecule has 1 aliphatic rings. The van der Waals surface area contributed by atoms with Gasteiger partial charge in [-0.25, -0.2) is 0 Å². The quantitative estimate of drug-likeness (QED) is 0.779. The lowest BCUT2D eigenvalue weighted by molar-refractivity contribution is 0.0274. The fourth-order valence-corrected chi connectivity index (χ4v) is 2.87. The van der Waals surface area contributed by atoms with Crippen LogP contribution in [0.2, 0.25) is 0 Å². The second-order valence-corrected chi connectivity index (χ2v) is 6.03. The molecule has 3 N–H and O–H groups in total. The van der Waals surface area contributed by atoms with Crippen LogP contribution in [0.1, 0.15) is 24.0 Å². The van der Waals surface area contributed by atoms with E-state index in [-0.39, 0.29) is 6.10 Å². The Morgan fingerprint density at radius 1 is 1.50 bits per heavy atom. The van der Waals surface area contributed by atoms with E-state index in [1.807, 2.05) is 18.2 Å². The molecule has 1 aromatic rings. The van der Waals surface area contributed by atoms with Crippen molar-refractivity contribution >= 4 is 17.2 Å². The molecule has 0 bridgehead atoms. The van der Waals surface area contributed by atoms with Gasteiger partial charge >= 0.3 is 0 Å². The Morgan fingerprint density at radius 2 is 2.20 bits per heavy atom. The molecule has 0 radical (unpaired) electrons. The molecule has 2 rings (SSSR count). The largest absolute Gasteiger partial charge is 0.496 e. The van der Waals surface area contributed by atoms with Crippen molar-refractivity contribution in [3.63, 3.8) is 0 Å². The number of rotatable bonds is 6. The van der Waals surface area contributed by atoms with E-state index >= 15 is 0 Å². The number of thiocarbonyl (C=S) groups is 1. The van der Waals surface area contributed by atoms with Crippen molar-refractivity contribution in [3.8, 4) is 5.75 Å². The SMILES string of the molecule is COc1cc(CN(C)CC2CC(O)C2)ccc1C(N)=S. The number of benzene rings is 1. The fourth-order valence-electron chi connectivity index (χ4n) is 2.70. The second-order valence-electron chi connectivity index (χ2n) is 5.59. The molecule has 1 saturated carbocycles. The molecular weight excluding hydrogens is 272 g/mol. The zero-order valence-corrected chi connectivity index (χ0v) is 12.8. The average molecular weight is 294 g/mol. The van der Waals surface area contributed by atoms with Gasteiger partial charge in [0.1, 0.15) is 10.7 Å². The molecule has 4 nitrogen and oxygen atoms in total. The summed E-state index contributed by atoms with van der Waals surface area (Å²) in [4.78, 5) is 2.62. The van der Waals surface area contributed by atoms with Gasteiger partial charge in [0.2, 0.25) is 0 Å². The number of nitrogens with zero attached hydrogens (tertiary/aromatic N) is 1. The van der Waals surface area contributed by atoms with Gasteiger partial charge in [-0.15, -0.1) is 0 Å². The first-order valence-electron chi connectivity index (χ1n) is 6.83. The van der Waals surface area contributed by atoms with Gasteiger partial charge in [0, 0.05) is 13.1 Å². The van der Waals surface area contributed by atoms with Crippen LogP contribution in [0.5, 0.6) is 5.75 Å². The maximum atomic E-state index is 9.31. The monoisotopic (exact) mass is 294 g/mol. The van der Waals surface area contributed by atoms with Gasteiger partial charge < -0.3 is 20.5 Å². The lowest BCUT2D eigenvalue weighted by Crippen LogP contribution is -2.36. The predicted molar refractivity (Wildman–Crippen MR) is 83.9 cm³/mol. The Labute approximate surface area is 125 Å². The summed E-state index contributed by atoms with van der Waals surface area (Å²) in [6.45, 7) is 1.86. The highest BCUT2D eigenvalue weighted by atomic mass is 32.1. The average Bonchev–Trinajstić information content (AvgIpc) is 2.36. The van der Waals surface area contributed by atoms with Crippen molar-refractivity contribution in [1.29, 1.82) is 0 Å². The third kappa shape index (κ3) is 3.69. The van der Waals surface area contributed by atoms with Crippen LogP contribution in [0, 0.1) is 5.92 Å². The normalized spacial score (nSPS) is 21.6. The summed E-state index contributed by atoms with van der Waals surface area (Å²) in [5, 5.41) is 9.31. The molecule has 5 heteroatoms. The van der Waals surface area contributed by atoms with Gasteiger partial charge in [0.15, 0.2) is 0 Å². The first-order chi connectivity index (χ1) is 9.49. The van der Waals surface area contributed by atoms with Crippen molar-refractivity contribution in [2.75, 3.05) is 20.7 Å². The summed E-state index contributed by atoms with van der Waals surface area (Å²) in [5.41, 5.74) is 7.61. The van der Waals surface area contributed by atoms with Crippen molar-refractivity contribution < 1.29 is 9.84 Å². The van der Waals surface area contributed by atoms with E-state index in [4.69, 9.17) is 22.7 Å². The van der Waals surface area contributed by atoms with Crippen LogP contribution >= 0.6 is 12.2 Å². The Balaban J connectivity index is 1.96.